The van der Waals surface area contributed by atoms with Gasteiger partial charge in [0.1, 0.15) is 29.8 Å². The van der Waals surface area contributed by atoms with Crippen LogP contribution in [0, 0.1) is 0 Å². The molecule has 2 N–H and O–H groups in total. The molecular weight excluding hydrogens is 344 g/mol. The molecule has 0 radical (unpaired) electrons. The number of rotatable bonds is 6. The largest absolute Gasteiger partial charge is 0.497 e. The standard InChI is InChI=1S/C19H28N6O2/c1-14(27-17-6-4-5-16(11-17)26-3)12-21-19(20-2)25-9-7-15(8-10-25)18-22-13-23-24-18/h4-6,11,13-15H,7-10,12H2,1-3H3,(H,20,21)(H,22,23,24). The summed E-state index contributed by atoms with van der Waals surface area (Å²) >= 11 is 0. The summed E-state index contributed by atoms with van der Waals surface area (Å²) in [5.74, 6) is 3.92. The molecule has 1 aromatic carbocycles. The van der Waals surface area contributed by atoms with Crippen molar-refractivity contribution >= 4 is 5.96 Å². The number of nitrogens with one attached hydrogen (secondary N) is 2. The summed E-state index contributed by atoms with van der Waals surface area (Å²) in [6, 6.07) is 7.65. The molecule has 1 saturated heterocycles. The van der Waals surface area contributed by atoms with Crippen LogP contribution in [0.25, 0.3) is 0 Å². The van der Waals surface area contributed by atoms with Gasteiger partial charge in [-0.1, -0.05) is 6.07 Å². The Labute approximate surface area is 160 Å². The minimum Gasteiger partial charge on any atom is -0.497 e. The van der Waals surface area contributed by atoms with E-state index in [0.29, 0.717) is 12.5 Å². The van der Waals surface area contributed by atoms with Gasteiger partial charge in [0.15, 0.2) is 5.96 Å². The molecule has 2 aromatic rings. The number of aromatic nitrogens is 3. The quantitative estimate of drug-likeness (QED) is 0.596. The van der Waals surface area contributed by atoms with Gasteiger partial charge >= 0.3 is 0 Å². The van der Waals surface area contributed by atoms with E-state index in [2.05, 4.69) is 30.4 Å². The molecule has 1 aliphatic rings. The van der Waals surface area contributed by atoms with Crippen LogP contribution < -0.4 is 14.8 Å². The number of hydrogen-bond acceptors (Lipinski definition) is 5. The van der Waals surface area contributed by atoms with E-state index < -0.39 is 0 Å². The highest BCUT2D eigenvalue weighted by Crippen LogP contribution is 2.25. The average molecular weight is 372 g/mol. The number of aliphatic imine (C=N–C) groups is 1. The lowest BCUT2D eigenvalue weighted by Gasteiger charge is -2.33. The third kappa shape index (κ3) is 5.12. The topological polar surface area (TPSA) is 87.7 Å². The Hall–Kier alpha value is -2.77. The molecular formula is C19H28N6O2. The smallest absolute Gasteiger partial charge is 0.193 e. The first-order valence-corrected chi connectivity index (χ1v) is 9.31. The molecule has 1 aliphatic heterocycles. The summed E-state index contributed by atoms with van der Waals surface area (Å²) in [5, 5.41) is 10.4. The number of H-pyrrole nitrogens is 1. The SMILES string of the molecule is CN=C(NCC(C)Oc1cccc(OC)c1)N1CCC(c2ncn[nH]2)CC1. The van der Waals surface area contributed by atoms with E-state index in [-0.39, 0.29) is 6.10 Å². The van der Waals surface area contributed by atoms with E-state index in [1.165, 1.54) is 0 Å². The molecule has 0 bridgehead atoms. The van der Waals surface area contributed by atoms with Crippen molar-refractivity contribution in [3.8, 4) is 11.5 Å². The number of benzene rings is 1. The zero-order valence-electron chi connectivity index (χ0n) is 16.2. The Balaban J connectivity index is 1.46. The Morgan fingerprint density at radius 2 is 2.15 bits per heavy atom. The van der Waals surface area contributed by atoms with Crippen molar-refractivity contribution in [3.63, 3.8) is 0 Å². The van der Waals surface area contributed by atoms with Crippen molar-refractivity contribution in [3.05, 3.63) is 36.4 Å². The van der Waals surface area contributed by atoms with Crippen molar-refractivity contribution in [1.82, 2.24) is 25.4 Å². The number of ether oxygens (including phenoxy) is 2. The third-order valence-electron chi connectivity index (χ3n) is 4.75. The highest BCUT2D eigenvalue weighted by Gasteiger charge is 2.24. The van der Waals surface area contributed by atoms with E-state index in [1.807, 2.05) is 38.2 Å². The number of likely N-dealkylation sites (tertiary alicyclic amines) is 1. The molecule has 146 valence electrons. The highest BCUT2D eigenvalue weighted by molar-refractivity contribution is 5.80. The van der Waals surface area contributed by atoms with Crippen molar-refractivity contribution in [2.45, 2.75) is 31.8 Å². The minimum absolute atomic E-state index is 0.000545. The number of aromatic amines is 1. The molecule has 2 heterocycles. The summed E-state index contributed by atoms with van der Waals surface area (Å²) in [5.41, 5.74) is 0. The van der Waals surface area contributed by atoms with Crippen LogP contribution in [-0.4, -0.2) is 65.9 Å². The Bertz CT molecular complexity index is 726. The maximum absolute atomic E-state index is 5.97. The first-order valence-electron chi connectivity index (χ1n) is 9.31. The second-order valence-corrected chi connectivity index (χ2v) is 6.67. The molecule has 8 heteroatoms. The van der Waals surface area contributed by atoms with Crippen LogP contribution in [0.2, 0.25) is 0 Å². The van der Waals surface area contributed by atoms with Crippen LogP contribution in [0.5, 0.6) is 11.5 Å². The molecule has 27 heavy (non-hydrogen) atoms. The van der Waals surface area contributed by atoms with E-state index in [4.69, 9.17) is 9.47 Å². The van der Waals surface area contributed by atoms with Gasteiger partial charge in [0, 0.05) is 32.1 Å². The first-order chi connectivity index (χ1) is 13.2. The number of piperidine rings is 1. The van der Waals surface area contributed by atoms with Gasteiger partial charge in [0.05, 0.1) is 13.7 Å². The van der Waals surface area contributed by atoms with Gasteiger partial charge in [-0.3, -0.25) is 10.1 Å². The van der Waals surface area contributed by atoms with Crippen molar-refractivity contribution in [2.75, 3.05) is 33.8 Å². The van der Waals surface area contributed by atoms with E-state index in [9.17, 15) is 0 Å². The van der Waals surface area contributed by atoms with Crippen LogP contribution in [0.3, 0.4) is 0 Å². The van der Waals surface area contributed by atoms with E-state index in [0.717, 1.165) is 49.2 Å². The Morgan fingerprint density at radius 3 is 2.81 bits per heavy atom. The Morgan fingerprint density at radius 1 is 1.37 bits per heavy atom. The molecule has 0 spiro atoms. The van der Waals surface area contributed by atoms with E-state index >= 15 is 0 Å². The first kappa shape index (κ1) is 19.0. The van der Waals surface area contributed by atoms with Gasteiger partial charge in [-0.05, 0) is 31.9 Å². The second-order valence-electron chi connectivity index (χ2n) is 6.67. The predicted octanol–water partition coefficient (Wildman–Crippen LogP) is 2.04. The van der Waals surface area contributed by atoms with Gasteiger partial charge in [-0.2, -0.15) is 5.10 Å². The number of guanidine groups is 1. The molecule has 1 aromatic heterocycles. The highest BCUT2D eigenvalue weighted by atomic mass is 16.5. The van der Waals surface area contributed by atoms with Gasteiger partial charge in [-0.15, -0.1) is 0 Å². The molecule has 1 unspecified atom stereocenters. The second kappa shape index (κ2) is 9.25. The molecule has 0 aliphatic carbocycles. The lowest BCUT2D eigenvalue weighted by Crippen LogP contribution is -2.47. The fraction of sp³-hybridized carbons (Fsp3) is 0.526. The maximum Gasteiger partial charge on any atom is 0.193 e. The lowest BCUT2D eigenvalue weighted by atomic mass is 9.96. The number of hydrogen-bond donors (Lipinski definition) is 2. The summed E-state index contributed by atoms with van der Waals surface area (Å²) in [7, 11) is 3.47. The van der Waals surface area contributed by atoms with Crippen molar-refractivity contribution in [1.29, 1.82) is 0 Å². The molecule has 0 amide bonds. The minimum atomic E-state index is 0.000545. The van der Waals surface area contributed by atoms with Crippen LogP contribution in [0.15, 0.2) is 35.6 Å². The number of methoxy groups -OCH3 is 1. The summed E-state index contributed by atoms with van der Waals surface area (Å²) in [4.78, 5) is 11.0. The summed E-state index contributed by atoms with van der Waals surface area (Å²) in [6.45, 7) is 4.59. The van der Waals surface area contributed by atoms with Crippen LogP contribution in [0.4, 0.5) is 0 Å². The zero-order valence-corrected chi connectivity index (χ0v) is 16.2. The summed E-state index contributed by atoms with van der Waals surface area (Å²) < 4.78 is 11.2. The van der Waals surface area contributed by atoms with Crippen molar-refractivity contribution in [2.24, 2.45) is 4.99 Å². The van der Waals surface area contributed by atoms with Crippen LogP contribution >= 0.6 is 0 Å². The molecule has 3 rings (SSSR count). The van der Waals surface area contributed by atoms with Gasteiger partial charge < -0.3 is 19.7 Å². The fourth-order valence-corrected chi connectivity index (χ4v) is 3.29. The van der Waals surface area contributed by atoms with E-state index in [1.54, 1.807) is 13.4 Å². The molecule has 8 nitrogen and oxygen atoms in total. The molecule has 1 atom stereocenters. The predicted molar refractivity (Wildman–Crippen MR) is 104 cm³/mol. The third-order valence-corrected chi connectivity index (χ3v) is 4.75. The van der Waals surface area contributed by atoms with Gasteiger partial charge in [-0.25, -0.2) is 4.98 Å². The molecule has 1 fully saturated rings. The monoisotopic (exact) mass is 372 g/mol. The van der Waals surface area contributed by atoms with Crippen LogP contribution in [-0.2, 0) is 0 Å². The molecule has 0 saturated carbocycles. The van der Waals surface area contributed by atoms with Crippen molar-refractivity contribution < 1.29 is 9.47 Å². The summed E-state index contributed by atoms with van der Waals surface area (Å²) in [6.07, 6.45) is 3.64. The fourth-order valence-electron chi connectivity index (χ4n) is 3.29. The van der Waals surface area contributed by atoms with Gasteiger partial charge in [0.25, 0.3) is 0 Å². The maximum atomic E-state index is 5.97. The Kier molecular flexibility index (Phi) is 6.51. The average Bonchev–Trinajstić information content (AvgIpc) is 3.24. The van der Waals surface area contributed by atoms with Gasteiger partial charge in [0.2, 0.25) is 0 Å². The zero-order chi connectivity index (χ0) is 19.1. The lowest BCUT2D eigenvalue weighted by molar-refractivity contribution is 0.219. The van der Waals surface area contributed by atoms with Crippen LogP contribution in [0.1, 0.15) is 31.5 Å². The number of nitrogens with zero attached hydrogens (tertiary/aromatic N) is 4. The normalized spacial score (nSPS) is 16.9.